The van der Waals surface area contributed by atoms with E-state index in [9.17, 15) is 9.59 Å². The van der Waals surface area contributed by atoms with Gasteiger partial charge in [-0.2, -0.15) is 0 Å². The van der Waals surface area contributed by atoms with E-state index >= 15 is 0 Å². The highest BCUT2D eigenvalue weighted by atomic mass is 16.4. The van der Waals surface area contributed by atoms with Crippen molar-refractivity contribution in [3.8, 4) is 11.3 Å². The van der Waals surface area contributed by atoms with E-state index in [0.717, 1.165) is 5.56 Å². The van der Waals surface area contributed by atoms with E-state index in [1.165, 1.54) is 11.8 Å². The second kappa shape index (κ2) is 8.34. The Labute approximate surface area is 168 Å². The predicted octanol–water partition coefficient (Wildman–Crippen LogP) is 3.16. The van der Waals surface area contributed by atoms with Crippen molar-refractivity contribution in [1.29, 1.82) is 0 Å². The molecule has 0 saturated carbocycles. The van der Waals surface area contributed by atoms with Crippen LogP contribution >= 0.6 is 0 Å². The number of carbonyl (C=O) groups is 2. The molecule has 150 valence electrons. The van der Waals surface area contributed by atoms with E-state index in [1.54, 1.807) is 28.1 Å². The predicted molar refractivity (Wildman–Crippen MR) is 106 cm³/mol. The minimum atomic E-state index is -0.134. The Kier molecular flexibility index (Phi) is 5.46. The largest absolute Gasteiger partial charge is 0.459 e. The van der Waals surface area contributed by atoms with Gasteiger partial charge in [0.2, 0.25) is 5.91 Å². The Hall–Kier alpha value is -3.35. The summed E-state index contributed by atoms with van der Waals surface area (Å²) in [6.45, 7) is 4.08. The van der Waals surface area contributed by atoms with Crippen LogP contribution in [0.2, 0.25) is 0 Å². The zero-order valence-electron chi connectivity index (χ0n) is 16.3. The highest BCUT2D eigenvalue weighted by molar-refractivity contribution is 5.91. The van der Waals surface area contributed by atoms with E-state index in [-0.39, 0.29) is 11.8 Å². The summed E-state index contributed by atoms with van der Waals surface area (Å²) in [4.78, 5) is 32.6. The van der Waals surface area contributed by atoms with Crippen molar-refractivity contribution in [2.24, 2.45) is 0 Å². The van der Waals surface area contributed by atoms with Gasteiger partial charge in [0.25, 0.3) is 5.91 Å². The molecule has 3 heterocycles. The minimum absolute atomic E-state index is 0.0465. The van der Waals surface area contributed by atoms with Crippen LogP contribution in [0, 0.1) is 6.92 Å². The van der Waals surface area contributed by atoms with Crippen molar-refractivity contribution in [2.75, 3.05) is 26.2 Å². The summed E-state index contributed by atoms with van der Waals surface area (Å²) < 4.78 is 11.0. The van der Waals surface area contributed by atoms with Gasteiger partial charge in [-0.15, -0.1) is 0 Å². The van der Waals surface area contributed by atoms with E-state index in [2.05, 4.69) is 4.98 Å². The molecule has 7 nitrogen and oxygen atoms in total. The van der Waals surface area contributed by atoms with Crippen molar-refractivity contribution in [3.05, 3.63) is 66.1 Å². The van der Waals surface area contributed by atoms with Crippen molar-refractivity contribution in [3.63, 3.8) is 0 Å². The number of aryl methyl sites for hydroxylation is 2. The standard InChI is InChI=1S/C22H23N3O4/c1-16-4-6-17(7-5-16)19-15-23-20(29-19)8-9-21(26)24-10-12-25(13-11-24)22(27)18-3-2-14-28-18/h2-7,14-15H,8-13H2,1H3. The number of aromatic nitrogens is 1. The topological polar surface area (TPSA) is 79.8 Å². The molecular weight excluding hydrogens is 370 g/mol. The van der Waals surface area contributed by atoms with Gasteiger partial charge in [-0.1, -0.05) is 29.8 Å². The number of amides is 2. The molecule has 1 saturated heterocycles. The number of carbonyl (C=O) groups excluding carboxylic acids is 2. The Morgan fingerprint density at radius 3 is 2.45 bits per heavy atom. The van der Waals surface area contributed by atoms with E-state index in [4.69, 9.17) is 8.83 Å². The fraction of sp³-hybridized carbons (Fsp3) is 0.318. The van der Waals surface area contributed by atoms with Crippen LogP contribution in [0.25, 0.3) is 11.3 Å². The summed E-state index contributed by atoms with van der Waals surface area (Å²) in [5.74, 6) is 1.51. The molecule has 0 bridgehead atoms. The second-order valence-electron chi connectivity index (χ2n) is 7.13. The van der Waals surface area contributed by atoms with Crippen LogP contribution in [-0.4, -0.2) is 52.8 Å². The number of hydrogen-bond acceptors (Lipinski definition) is 5. The molecule has 0 unspecified atom stereocenters. The number of benzene rings is 1. The first kappa shape index (κ1) is 19.0. The Morgan fingerprint density at radius 1 is 1.03 bits per heavy atom. The van der Waals surface area contributed by atoms with Gasteiger partial charge in [-0.25, -0.2) is 4.98 Å². The molecule has 0 atom stereocenters. The highest BCUT2D eigenvalue weighted by Crippen LogP contribution is 2.21. The monoisotopic (exact) mass is 393 g/mol. The molecular formula is C22H23N3O4. The Bertz CT molecular complexity index is 968. The van der Waals surface area contributed by atoms with Gasteiger partial charge < -0.3 is 18.6 Å². The van der Waals surface area contributed by atoms with E-state index in [1.807, 2.05) is 31.2 Å². The Morgan fingerprint density at radius 2 is 1.76 bits per heavy atom. The van der Waals surface area contributed by atoms with Gasteiger partial charge in [0.05, 0.1) is 12.5 Å². The zero-order valence-corrected chi connectivity index (χ0v) is 16.3. The first-order chi connectivity index (χ1) is 14.1. The summed E-state index contributed by atoms with van der Waals surface area (Å²) >= 11 is 0. The summed E-state index contributed by atoms with van der Waals surface area (Å²) in [6, 6.07) is 11.4. The second-order valence-corrected chi connectivity index (χ2v) is 7.13. The van der Waals surface area contributed by atoms with Gasteiger partial charge >= 0.3 is 0 Å². The highest BCUT2D eigenvalue weighted by Gasteiger charge is 2.26. The number of oxazole rings is 1. The number of furan rings is 1. The van der Waals surface area contributed by atoms with Crippen molar-refractivity contribution < 1.29 is 18.4 Å². The van der Waals surface area contributed by atoms with Gasteiger partial charge in [0.15, 0.2) is 17.4 Å². The number of hydrogen-bond donors (Lipinski definition) is 0. The SMILES string of the molecule is Cc1ccc(-c2cnc(CCC(=O)N3CCN(C(=O)c4ccco4)CC3)o2)cc1. The lowest BCUT2D eigenvalue weighted by atomic mass is 10.1. The summed E-state index contributed by atoms with van der Waals surface area (Å²) in [6.07, 6.45) is 3.97. The average molecular weight is 393 g/mol. The molecule has 3 aromatic rings. The van der Waals surface area contributed by atoms with Gasteiger partial charge in [0, 0.05) is 44.6 Å². The molecule has 0 spiro atoms. The van der Waals surface area contributed by atoms with Crippen LogP contribution in [0.4, 0.5) is 0 Å². The van der Waals surface area contributed by atoms with Crippen LogP contribution in [-0.2, 0) is 11.2 Å². The van der Waals surface area contributed by atoms with Gasteiger partial charge in [-0.05, 0) is 19.1 Å². The zero-order chi connectivity index (χ0) is 20.2. The molecule has 1 aromatic carbocycles. The van der Waals surface area contributed by atoms with Crippen LogP contribution in [0.1, 0.15) is 28.4 Å². The molecule has 1 aliphatic heterocycles. The van der Waals surface area contributed by atoms with Crippen LogP contribution in [0.5, 0.6) is 0 Å². The number of nitrogens with zero attached hydrogens (tertiary/aromatic N) is 3. The summed E-state index contributed by atoms with van der Waals surface area (Å²) in [5, 5.41) is 0. The Balaban J connectivity index is 1.26. The summed E-state index contributed by atoms with van der Waals surface area (Å²) in [5.41, 5.74) is 2.16. The van der Waals surface area contributed by atoms with Crippen molar-refractivity contribution >= 4 is 11.8 Å². The molecule has 0 N–H and O–H groups in total. The molecule has 2 amide bonds. The van der Waals surface area contributed by atoms with Crippen LogP contribution in [0.15, 0.2) is 57.7 Å². The lowest BCUT2D eigenvalue weighted by Gasteiger charge is -2.34. The van der Waals surface area contributed by atoms with E-state index in [0.29, 0.717) is 56.4 Å². The third-order valence-electron chi connectivity index (χ3n) is 5.09. The fourth-order valence-electron chi connectivity index (χ4n) is 3.36. The first-order valence-corrected chi connectivity index (χ1v) is 9.72. The molecule has 7 heteroatoms. The molecule has 29 heavy (non-hydrogen) atoms. The lowest BCUT2D eigenvalue weighted by molar-refractivity contribution is -0.132. The fourth-order valence-corrected chi connectivity index (χ4v) is 3.36. The van der Waals surface area contributed by atoms with E-state index < -0.39 is 0 Å². The molecule has 4 rings (SSSR count). The van der Waals surface area contributed by atoms with Crippen LogP contribution < -0.4 is 0 Å². The molecule has 2 aromatic heterocycles. The maximum atomic E-state index is 12.5. The maximum Gasteiger partial charge on any atom is 0.289 e. The van der Waals surface area contributed by atoms with Crippen molar-refractivity contribution in [1.82, 2.24) is 14.8 Å². The summed E-state index contributed by atoms with van der Waals surface area (Å²) in [7, 11) is 0. The minimum Gasteiger partial charge on any atom is -0.459 e. The molecule has 1 fully saturated rings. The maximum absolute atomic E-state index is 12.5. The smallest absolute Gasteiger partial charge is 0.289 e. The third-order valence-corrected chi connectivity index (χ3v) is 5.09. The normalized spacial score (nSPS) is 14.2. The molecule has 0 radical (unpaired) electrons. The number of rotatable bonds is 5. The van der Waals surface area contributed by atoms with Gasteiger partial charge in [0.1, 0.15) is 0 Å². The van der Waals surface area contributed by atoms with Crippen molar-refractivity contribution in [2.45, 2.75) is 19.8 Å². The van der Waals surface area contributed by atoms with Crippen LogP contribution in [0.3, 0.4) is 0 Å². The molecule has 0 aliphatic carbocycles. The third kappa shape index (κ3) is 4.39. The molecule has 1 aliphatic rings. The first-order valence-electron chi connectivity index (χ1n) is 9.72. The average Bonchev–Trinajstić information content (AvgIpc) is 3.44. The lowest BCUT2D eigenvalue weighted by Crippen LogP contribution is -2.50. The quantitative estimate of drug-likeness (QED) is 0.665. The number of piperazine rings is 1. The van der Waals surface area contributed by atoms with Gasteiger partial charge in [-0.3, -0.25) is 9.59 Å².